The molecule has 0 unspecified atom stereocenters. The SMILES string of the molecule is CNc1ncc(-c2ccc3c(=O)c(C(=O)Cl)cn(C4CC4)c3c2C)cc1C.O. The van der Waals surface area contributed by atoms with Gasteiger partial charge in [-0.1, -0.05) is 6.07 Å². The number of carbonyl (C=O) groups is 1. The lowest BCUT2D eigenvalue weighted by Gasteiger charge is -2.17. The van der Waals surface area contributed by atoms with E-state index in [0.29, 0.717) is 11.4 Å². The van der Waals surface area contributed by atoms with Crippen LogP contribution in [0.4, 0.5) is 5.82 Å². The van der Waals surface area contributed by atoms with Crippen molar-refractivity contribution in [3.63, 3.8) is 0 Å². The standard InChI is InChI=1S/C21H20ClN3O2.H2O/c1-11-8-13(9-24-21(11)23-3)15-6-7-16-18(12(15)2)25(14-4-5-14)10-17(19(16)26)20(22)27;/h6-10,14H,4-5H2,1-3H3,(H,23,24);1H2. The van der Waals surface area contributed by atoms with Crippen molar-refractivity contribution in [2.24, 2.45) is 0 Å². The predicted molar refractivity (Wildman–Crippen MR) is 113 cm³/mol. The van der Waals surface area contributed by atoms with Crippen LogP contribution in [0, 0.1) is 13.8 Å². The summed E-state index contributed by atoms with van der Waals surface area (Å²) in [5, 5.41) is 2.90. The molecule has 3 N–H and O–H groups in total. The zero-order chi connectivity index (χ0) is 19.3. The molecule has 2 heterocycles. The molecule has 3 aromatic rings. The average Bonchev–Trinajstić information content (AvgIpc) is 3.47. The number of aryl methyl sites for hydroxylation is 2. The number of hydrogen-bond donors (Lipinski definition) is 1. The Hall–Kier alpha value is -2.70. The molecule has 1 aliphatic carbocycles. The first-order valence-corrected chi connectivity index (χ1v) is 9.33. The molecule has 1 fully saturated rings. The molecular weight excluding hydrogens is 378 g/mol. The van der Waals surface area contributed by atoms with E-state index in [2.05, 4.69) is 16.4 Å². The Morgan fingerprint density at radius 2 is 2.00 bits per heavy atom. The first kappa shape index (κ1) is 20.0. The molecule has 146 valence electrons. The maximum atomic E-state index is 12.8. The Morgan fingerprint density at radius 1 is 1.29 bits per heavy atom. The average molecular weight is 400 g/mol. The second kappa shape index (κ2) is 7.37. The molecule has 28 heavy (non-hydrogen) atoms. The van der Waals surface area contributed by atoms with Gasteiger partial charge in [0.25, 0.3) is 5.24 Å². The normalized spacial score (nSPS) is 13.3. The van der Waals surface area contributed by atoms with E-state index in [1.807, 2.05) is 37.7 Å². The second-order valence-electron chi connectivity index (χ2n) is 7.06. The largest absolute Gasteiger partial charge is 0.412 e. The van der Waals surface area contributed by atoms with E-state index in [0.717, 1.165) is 46.4 Å². The van der Waals surface area contributed by atoms with Gasteiger partial charge in [-0.15, -0.1) is 0 Å². The first-order chi connectivity index (χ1) is 12.9. The number of pyridine rings is 2. The fourth-order valence-electron chi connectivity index (χ4n) is 3.70. The van der Waals surface area contributed by atoms with Crippen LogP contribution >= 0.6 is 11.6 Å². The van der Waals surface area contributed by atoms with Gasteiger partial charge in [0.1, 0.15) is 5.82 Å². The minimum absolute atomic E-state index is 0. The third-order valence-electron chi connectivity index (χ3n) is 5.22. The van der Waals surface area contributed by atoms with E-state index in [1.54, 1.807) is 12.3 Å². The molecule has 6 nitrogen and oxygen atoms in total. The van der Waals surface area contributed by atoms with Gasteiger partial charge in [0.05, 0.1) is 11.1 Å². The van der Waals surface area contributed by atoms with E-state index >= 15 is 0 Å². The van der Waals surface area contributed by atoms with Crippen molar-refractivity contribution in [3.05, 3.63) is 57.5 Å². The second-order valence-corrected chi connectivity index (χ2v) is 7.40. The molecule has 7 heteroatoms. The molecule has 0 bridgehead atoms. The summed E-state index contributed by atoms with van der Waals surface area (Å²) in [6.07, 6.45) is 5.54. The number of hydrogen-bond acceptors (Lipinski definition) is 4. The summed E-state index contributed by atoms with van der Waals surface area (Å²) in [6, 6.07) is 6.12. The number of halogens is 1. The van der Waals surface area contributed by atoms with Gasteiger partial charge in [0.15, 0.2) is 0 Å². The van der Waals surface area contributed by atoms with Crippen LogP contribution in [0.15, 0.2) is 35.4 Å². The van der Waals surface area contributed by atoms with E-state index in [9.17, 15) is 9.59 Å². The smallest absolute Gasteiger partial charge is 0.257 e. The lowest BCUT2D eigenvalue weighted by molar-refractivity contribution is 0.108. The van der Waals surface area contributed by atoms with Gasteiger partial charge in [-0.2, -0.15) is 0 Å². The number of benzene rings is 1. The first-order valence-electron chi connectivity index (χ1n) is 8.95. The molecule has 1 aromatic carbocycles. The summed E-state index contributed by atoms with van der Waals surface area (Å²) < 4.78 is 2.05. The van der Waals surface area contributed by atoms with E-state index in [1.165, 1.54) is 0 Å². The fraction of sp³-hybridized carbons (Fsp3) is 0.286. The summed E-state index contributed by atoms with van der Waals surface area (Å²) in [5.74, 6) is 0.845. The van der Waals surface area contributed by atoms with Gasteiger partial charge in [-0.05, 0) is 67.1 Å². The van der Waals surface area contributed by atoms with E-state index < -0.39 is 5.24 Å². The molecule has 1 saturated carbocycles. The van der Waals surface area contributed by atoms with Crippen molar-refractivity contribution in [2.45, 2.75) is 32.7 Å². The number of aromatic nitrogens is 2. The lowest BCUT2D eigenvalue weighted by atomic mass is 9.97. The highest BCUT2D eigenvalue weighted by atomic mass is 35.5. The number of fused-ring (bicyclic) bond motifs is 1. The molecule has 0 radical (unpaired) electrons. The fourth-order valence-corrected chi connectivity index (χ4v) is 3.84. The summed E-state index contributed by atoms with van der Waals surface area (Å²) in [6.45, 7) is 4.02. The molecule has 0 aliphatic heterocycles. The van der Waals surface area contributed by atoms with Gasteiger partial charge < -0.3 is 15.4 Å². The van der Waals surface area contributed by atoms with Crippen LogP contribution in [0.2, 0.25) is 0 Å². The number of rotatable bonds is 4. The van der Waals surface area contributed by atoms with E-state index in [4.69, 9.17) is 11.6 Å². The van der Waals surface area contributed by atoms with Crippen LogP contribution in [0.25, 0.3) is 22.0 Å². The molecule has 0 amide bonds. The van der Waals surface area contributed by atoms with Crippen LogP contribution in [0.5, 0.6) is 0 Å². The highest BCUT2D eigenvalue weighted by Gasteiger charge is 2.27. The molecule has 0 spiro atoms. The minimum atomic E-state index is -0.708. The topological polar surface area (TPSA) is 95.5 Å². The molecule has 2 aromatic heterocycles. The molecule has 4 rings (SSSR count). The molecule has 0 atom stereocenters. The number of carbonyl (C=O) groups excluding carboxylic acids is 1. The van der Waals surface area contributed by atoms with Crippen molar-refractivity contribution in [2.75, 3.05) is 12.4 Å². The monoisotopic (exact) mass is 399 g/mol. The Balaban J connectivity index is 0.00000225. The van der Waals surface area contributed by atoms with Crippen molar-refractivity contribution in [1.82, 2.24) is 9.55 Å². The van der Waals surface area contributed by atoms with Crippen LogP contribution < -0.4 is 10.7 Å². The van der Waals surface area contributed by atoms with Crippen LogP contribution in [-0.4, -0.2) is 27.3 Å². The van der Waals surface area contributed by atoms with Crippen molar-refractivity contribution < 1.29 is 10.3 Å². The van der Waals surface area contributed by atoms with Gasteiger partial charge in [0.2, 0.25) is 5.43 Å². The summed E-state index contributed by atoms with van der Waals surface area (Å²) in [7, 11) is 1.85. The Morgan fingerprint density at radius 3 is 2.57 bits per heavy atom. The predicted octanol–water partition coefficient (Wildman–Crippen LogP) is 3.61. The number of nitrogens with one attached hydrogen (secondary N) is 1. The minimum Gasteiger partial charge on any atom is -0.412 e. The maximum Gasteiger partial charge on any atom is 0.257 e. The molecule has 1 aliphatic rings. The third kappa shape index (κ3) is 3.19. The summed E-state index contributed by atoms with van der Waals surface area (Å²) in [5.41, 5.74) is 4.69. The maximum absolute atomic E-state index is 12.8. The van der Waals surface area contributed by atoms with Crippen LogP contribution in [0.1, 0.15) is 40.4 Å². The van der Waals surface area contributed by atoms with Gasteiger partial charge in [0, 0.05) is 36.4 Å². The number of nitrogens with zero attached hydrogens (tertiary/aromatic N) is 2. The Bertz CT molecular complexity index is 1150. The van der Waals surface area contributed by atoms with Gasteiger partial charge in [-0.25, -0.2) is 4.98 Å². The van der Waals surface area contributed by atoms with Gasteiger partial charge >= 0.3 is 0 Å². The van der Waals surface area contributed by atoms with Crippen molar-refractivity contribution >= 4 is 33.6 Å². The van der Waals surface area contributed by atoms with Crippen LogP contribution in [0.3, 0.4) is 0 Å². The van der Waals surface area contributed by atoms with Gasteiger partial charge in [-0.3, -0.25) is 9.59 Å². The lowest BCUT2D eigenvalue weighted by Crippen LogP contribution is -2.17. The van der Waals surface area contributed by atoms with Crippen molar-refractivity contribution in [1.29, 1.82) is 0 Å². The highest BCUT2D eigenvalue weighted by Crippen LogP contribution is 2.39. The Labute approximate surface area is 167 Å². The molecule has 0 saturated heterocycles. The van der Waals surface area contributed by atoms with Crippen LogP contribution in [-0.2, 0) is 0 Å². The zero-order valence-corrected chi connectivity index (χ0v) is 16.7. The third-order valence-corrected chi connectivity index (χ3v) is 5.43. The van der Waals surface area contributed by atoms with E-state index in [-0.39, 0.29) is 16.5 Å². The quantitative estimate of drug-likeness (QED) is 0.678. The summed E-state index contributed by atoms with van der Waals surface area (Å²) in [4.78, 5) is 29.0. The number of anilines is 1. The zero-order valence-electron chi connectivity index (χ0n) is 16.0. The van der Waals surface area contributed by atoms with Crippen molar-refractivity contribution in [3.8, 4) is 11.1 Å². The summed E-state index contributed by atoms with van der Waals surface area (Å²) >= 11 is 5.65. The Kier molecular flexibility index (Phi) is 5.28. The molecular formula is C21H22ClN3O3. The highest BCUT2D eigenvalue weighted by molar-refractivity contribution is 6.67.